The van der Waals surface area contributed by atoms with E-state index in [1.54, 1.807) is 0 Å². The maximum atomic E-state index is 2.49. The smallest absolute Gasteiger partial charge is 0.0366 e. The van der Waals surface area contributed by atoms with Crippen molar-refractivity contribution in [1.29, 1.82) is 0 Å². The molecule has 1 aliphatic rings. The van der Waals surface area contributed by atoms with Crippen molar-refractivity contribution in [2.75, 3.05) is 18.0 Å². The largest absolute Gasteiger partial charge is 0.371 e. The topological polar surface area (TPSA) is 3.24 Å². The van der Waals surface area contributed by atoms with Gasteiger partial charge in [-0.2, -0.15) is 0 Å². The molecule has 0 radical (unpaired) electrons. The van der Waals surface area contributed by atoms with Crippen LogP contribution in [0, 0.1) is 5.92 Å². The molecular formula is C12H17N. The van der Waals surface area contributed by atoms with Gasteiger partial charge < -0.3 is 4.90 Å². The SMILES string of the molecule is CCC1CCN(c2ccccc2)C1. The first-order valence-electron chi connectivity index (χ1n) is 5.20. The van der Waals surface area contributed by atoms with Gasteiger partial charge in [-0.25, -0.2) is 0 Å². The Morgan fingerprint density at radius 1 is 1.31 bits per heavy atom. The standard InChI is InChI=1S/C12H17N/c1-2-11-8-9-13(10-11)12-6-4-3-5-7-12/h3-7,11H,2,8-10H2,1H3. The van der Waals surface area contributed by atoms with Crippen molar-refractivity contribution in [3.8, 4) is 0 Å². The second-order valence-electron chi connectivity index (χ2n) is 3.84. The summed E-state index contributed by atoms with van der Waals surface area (Å²) in [5, 5.41) is 0. The third-order valence-corrected chi connectivity index (χ3v) is 2.98. The van der Waals surface area contributed by atoms with Crippen LogP contribution in [-0.4, -0.2) is 13.1 Å². The average molecular weight is 175 g/mol. The highest BCUT2D eigenvalue weighted by Crippen LogP contribution is 2.24. The van der Waals surface area contributed by atoms with E-state index in [4.69, 9.17) is 0 Å². The molecule has 1 unspecified atom stereocenters. The summed E-state index contributed by atoms with van der Waals surface area (Å²) in [5.74, 6) is 0.917. The molecule has 2 rings (SSSR count). The fourth-order valence-electron chi connectivity index (χ4n) is 2.04. The summed E-state index contributed by atoms with van der Waals surface area (Å²) in [6, 6.07) is 10.7. The molecule has 1 aromatic carbocycles. The van der Waals surface area contributed by atoms with E-state index in [0.717, 1.165) is 5.92 Å². The Balaban J connectivity index is 2.04. The van der Waals surface area contributed by atoms with Gasteiger partial charge in [0.2, 0.25) is 0 Å². The molecule has 0 aliphatic carbocycles. The van der Waals surface area contributed by atoms with Gasteiger partial charge in [-0.15, -0.1) is 0 Å². The van der Waals surface area contributed by atoms with E-state index in [2.05, 4.69) is 42.2 Å². The molecule has 0 aromatic heterocycles. The van der Waals surface area contributed by atoms with Crippen LogP contribution in [0.4, 0.5) is 5.69 Å². The lowest BCUT2D eigenvalue weighted by Crippen LogP contribution is -2.19. The first-order valence-corrected chi connectivity index (χ1v) is 5.20. The predicted octanol–water partition coefficient (Wildman–Crippen LogP) is 2.92. The van der Waals surface area contributed by atoms with Crippen LogP contribution in [-0.2, 0) is 0 Å². The summed E-state index contributed by atoms with van der Waals surface area (Å²) in [4.78, 5) is 2.49. The normalized spacial score (nSPS) is 22.2. The van der Waals surface area contributed by atoms with Gasteiger partial charge in [0.05, 0.1) is 0 Å². The Bertz CT molecular complexity index is 255. The zero-order valence-electron chi connectivity index (χ0n) is 8.24. The number of anilines is 1. The van der Waals surface area contributed by atoms with E-state index in [0.29, 0.717) is 0 Å². The molecular weight excluding hydrogens is 158 g/mol. The minimum atomic E-state index is 0.917. The lowest BCUT2D eigenvalue weighted by molar-refractivity contribution is 0.569. The lowest BCUT2D eigenvalue weighted by Gasteiger charge is -2.18. The van der Waals surface area contributed by atoms with Crippen molar-refractivity contribution in [2.24, 2.45) is 5.92 Å². The maximum Gasteiger partial charge on any atom is 0.0366 e. The second-order valence-corrected chi connectivity index (χ2v) is 3.84. The van der Waals surface area contributed by atoms with Crippen molar-refractivity contribution in [3.63, 3.8) is 0 Å². The number of nitrogens with zero attached hydrogens (tertiary/aromatic N) is 1. The monoisotopic (exact) mass is 175 g/mol. The van der Waals surface area contributed by atoms with Crippen LogP contribution in [0.25, 0.3) is 0 Å². The Labute approximate surface area is 80.4 Å². The first-order chi connectivity index (χ1) is 6.40. The van der Waals surface area contributed by atoms with Gasteiger partial charge >= 0.3 is 0 Å². The summed E-state index contributed by atoms with van der Waals surface area (Å²) >= 11 is 0. The van der Waals surface area contributed by atoms with E-state index in [1.807, 2.05) is 0 Å². The van der Waals surface area contributed by atoms with Gasteiger partial charge in [0.15, 0.2) is 0 Å². The predicted molar refractivity (Wildman–Crippen MR) is 57.1 cm³/mol. The van der Waals surface area contributed by atoms with E-state index in [-0.39, 0.29) is 0 Å². The van der Waals surface area contributed by atoms with E-state index in [9.17, 15) is 0 Å². The minimum absolute atomic E-state index is 0.917. The van der Waals surface area contributed by atoms with Gasteiger partial charge in [0.25, 0.3) is 0 Å². The lowest BCUT2D eigenvalue weighted by atomic mass is 10.1. The number of hydrogen-bond acceptors (Lipinski definition) is 1. The van der Waals surface area contributed by atoms with Crippen molar-refractivity contribution in [2.45, 2.75) is 19.8 Å². The molecule has 1 fully saturated rings. The molecule has 0 saturated carbocycles. The summed E-state index contributed by atoms with van der Waals surface area (Å²) in [6.45, 7) is 4.78. The molecule has 0 N–H and O–H groups in total. The van der Waals surface area contributed by atoms with Gasteiger partial charge in [-0.3, -0.25) is 0 Å². The minimum Gasteiger partial charge on any atom is -0.371 e. The van der Waals surface area contributed by atoms with E-state index in [1.165, 1.54) is 31.6 Å². The second kappa shape index (κ2) is 3.82. The summed E-state index contributed by atoms with van der Waals surface area (Å²) in [6.07, 6.45) is 2.69. The molecule has 1 nitrogen and oxygen atoms in total. The fraction of sp³-hybridized carbons (Fsp3) is 0.500. The zero-order chi connectivity index (χ0) is 9.10. The molecule has 1 atom stereocenters. The summed E-state index contributed by atoms with van der Waals surface area (Å²) in [7, 11) is 0. The Kier molecular flexibility index (Phi) is 2.53. The fourth-order valence-corrected chi connectivity index (χ4v) is 2.04. The molecule has 1 aromatic rings. The Morgan fingerprint density at radius 3 is 2.69 bits per heavy atom. The van der Waals surface area contributed by atoms with Crippen molar-refractivity contribution in [1.82, 2.24) is 0 Å². The van der Waals surface area contributed by atoms with Crippen LogP contribution in [0.15, 0.2) is 30.3 Å². The number of hydrogen-bond donors (Lipinski definition) is 0. The molecule has 0 spiro atoms. The van der Waals surface area contributed by atoms with Gasteiger partial charge in [0.1, 0.15) is 0 Å². The van der Waals surface area contributed by atoms with Crippen LogP contribution >= 0.6 is 0 Å². The average Bonchev–Trinajstić information content (AvgIpc) is 2.67. The quantitative estimate of drug-likeness (QED) is 0.668. The van der Waals surface area contributed by atoms with Crippen molar-refractivity contribution < 1.29 is 0 Å². The molecule has 1 heteroatoms. The summed E-state index contributed by atoms with van der Waals surface area (Å²) in [5.41, 5.74) is 1.39. The molecule has 1 heterocycles. The van der Waals surface area contributed by atoms with Gasteiger partial charge in [-0.05, 0) is 24.5 Å². The summed E-state index contributed by atoms with van der Waals surface area (Å²) < 4.78 is 0. The highest BCUT2D eigenvalue weighted by molar-refractivity contribution is 5.46. The van der Waals surface area contributed by atoms with Crippen molar-refractivity contribution >= 4 is 5.69 Å². The van der Waals surface area contributed by atoms with E-state index >= 15 is 0 Å². The van der Waals surface area contributed by atoms with Crippen LogP contribution in [0.2, 0.25) is 0 Å². The van der Waals surface area contributed by atoms with Crippen LogP contribution in [0.5, 0.6) is 0 Å². The number of benzene rings is 1. The molecule has 13 heavy (non-hydrogen) atoms. The number of rotatable bonds is 2. The van der Waals surface area contributed by atoms with Gasteiger partial charge in [-0.1, -0.05) is 31.5 Å². The van der Waals surface area contributed by atoms with Gasteiger partial charge in [0, 0.05) is 18.8 Å². The molecule has 0 bridgehead atoms. The molecule has 70 valence electrons. The Morgan fingerprint density at radius 2 is 2.08 bits per heavy atom. The maximum absolute atomic E-state index is 2.49. The molecule has 0 amide bonds. The number of para-hydroxylation sites is 1. The third kappa shape index (κ3) is 1.85. The zero-order valence-corrected chi connectivity index (χ0v) is 8.24. The molecule has 1 saturated heterocycles. The third-order valence-electron chi connectivity index (χ3n) is 2.98. The van der Waals surface area contributed by atoms with Crippen LogP contribution in [0.3, 0.4) is 0 Å². The van der Waals surface area contributed by atoms with E-state index < -0.39 is 0 Å². The highest BCUT2D eigenvalue weighted by atomic mass is 15.1. The molecule has 1 aliphatic heterocycles. The van der Waals surface area contributed by atoms with Crippen molar-refractivity contribution in [3.05, 3.63) is 30.3 Å². The van der Waals surface area contributed by atoms with Crippen LogP contribution < -0.4 is 4.90 Å². The first kappa shape index (κ1) is 8.61. The van der Waals surface area contributed by atoms with Crippen LogP contribution in [0.1, 0.15) is 19.8 Å². The highest BCUT2D eigenvalue weighted by Gasteiger charge is 2.20. The Hall–Kier alpha value is -0.980.